The number of carbonyl (C=O) groups is 1. The summed E-state index contributed by atoms with van der Waals surface area (Å²) in [5.74, 6) is 0.112. The molecule has 0 spiro atoms. The first kappa shape index (κ1) is 25.0. The number of nitrogens with zero attached hydrogens (tertiary/aromatic N) is 1. The molecule has 6 heteroatoms. The lowest BCUT2D eigenvalue weighted by Gasteiger charge is -2.21. The summed E-state index contributed by atoms with van der Waals surface area (Å²) in [7, 11) is 0. The van der Waals surface area contributed by atoms with E-state index in [1.54, 1.807) is 0 Å². The minimum Gasteiger partial charge on any atom is -0.354 e. The average Bonchev–Trinajstić information content (AvgIpc) is 2.26. The topological polar surface area (TPSA) is 58.4 Å². The van der Waals surface area contributed by atoms with Crippen LogP contribution in [-0.4, -0.2) is 42.5 Å². The smallest absolute Gasteiger partial charge is 0.220 e. The van der Waals surface area contributed by atoms with E-state index in [0.29, 0.717) is 13.0 Å². The first-order valence-corrected chi connectivity index (χ1v) is 7.17. The van der Waals surface area contributed by atoms with Gasteiger partial charge in [-0.3, -0.25) is 4.79 Å². The molecule has 124 valence electrons. The second kappa shape index (κ2) is 13.9. The number of hydrogen-bond acceptors (Lipinski definition) is 3. The Balaban J connectivity index is -0.00000144. The van der Waals surface area contributed by atoms with Gasteiger partial charge in [0.1, 0.15) is 0 Å². The maximum atomic E-state index is 11.6. The molecular formula is C14H33Cl2N3O. The predicted octanol–water partition coefficient (Wildman–Crippen LogP) is 2.59. The zero-order valence-electron chi connectivity index (χ0n) is 13.4. The summed E-state index contributed by atoms with van der Waals surface area (Å²) in [4.78, 5) is 14.0. The lowest BCUT2D eigenvalue weighted by Crippen LogP contribution is -2.45. The quantitative estimate of drug-likeness (QED) is 0.647. The van der Waals surface area contributed by atoms with E-state index in [-0.39, 0.29) is 36.3 Å². The van der Waals surface area contributed by atoms with Crippen molar-refractivity contribution in [3.63, 3.8) is 0 Å². The minimum atomic E-state index is -0.327. The third-order valence-electron chi connectivity index (χ3n) is 2.70. The van der Waals surface area contributed by atoms with E-state index in [0.717, 1.165) is 26.1 Å². The molecule has 0 aromatic carbocycles. The van der Waals surface area contributed by atoms with Crippen molar-refractivity contribution in [3.05, 3.63) is 0 Å². The van der Waals surface area contributed by atoms with E-state index in [4.69, 9.17) is 5.73 Å². The summed E-state index contributed by atoms with van der Waals surface area (Å²) in [6, 6.07) is 0. The van der Waals surface area contributed by atoms with Crippen LogP contribution in [0.5, 0.6) is 0 Å². The summed E-state index contributed by atoms with van der Waals surface area (Å²) in [5, 5.41) is 2.88. The molecule has 4 nitrogen and oxygen atoms in total. The summed E-state index contributed by atoms with van der Waals surface area (Å²) in [5.41, 5.74) is 5.49. The van der Waals surface area contributed by atoms with Crippen LogP contribution in [0.15, 0.2) is 0 Å². The zero-order chi connectivity index (χ0) is 14.0. The van der Waals surface area contributed by atoms with Gasteiger partial charge in [0.2, 0.25) is 5.91 Å². The molecule has 0 rings (SSSR count). The first-order valence-electron chi connectivity index (χ1n) is 7.17. The van der Waals surface area contributed by atoms with Crippen molar-refractivity contribution in [2.24, 2.45) is 5.73 Å². The van der Waals surface area contributed by atoms with E-state index in [9.17, 15) is 4.79 Å². The molecule has 0 heterocycles. The fourth-order valence-corrected chi connectivity index (χ4v) is 1.85. The van der Waals surface area contributed by atoms with Crippen molar-refractivity contribution < 1.29 is 4.79 Å². The SMILES string of the molecule is CCCN(CCC)CCCC(=O)NCC(C)(C)N.Cl.Cl. The molecule has 3 N–H and O–H groups in total. The van der Waals surface area contributed by atoms with Gasteiger partial charge in [-0.05, 0) is 52.7 Å². The van der Waals surface area contributed by atoms with Crippen molar-refractivity contribution in [2.75, 3.05) is 26.2 Å². The van der Waals surface area contributed by atoms with Gasteiger partial charge in [0.15, 0.2) is 0 Å². The lowest BCUT2D eigenvalue weighted by atomic mass is 10.1. The molecule has 0 saturated carbocycles. The Morgan fingerprint density at radius 1 is 1.10 bits per heavy atom. The number of hydrogen-bond donors (Lipinski definition) is 2. The highest BCUT2D eigenvalue weighted by molar-refractivity contribution is 5.85. The van der Waals surface area contributed by atoms with E-state index < -0.39 is 0 Å². The normalized spacial score (nSPS) is 10.7. The number of halogens is 2. The van der Waals surface area contributed by atoms with Gasteiger partial charge in [-0.25, -0.2) is 0 Å². The third kappa shape index (κ3) is 16.0. The lowest BCUT2D eigenvalue weighted by molar-refractivity contribution is -0.121. The number of rotatable bonds is 10. The van der Waals surface area contributed by atoms with Crippen LogP contribution >= 0.6 is 24.8 Å². The number of nitrogens with one attached hydrogen (secondary N) is 1. The van der Waals surface area contributed by atoms with Crippen LogP contribution < -0.4 is 11.1 Å². The van der Waals surface area contributed by atoms with E-state index in [1.165, 1.54) is 12.8 Å². The monoisotopic (exact) mass is 329 g/mol. The van der Waals surface area contributed by atoms with Crippen LogP contribution in [-0.2, 0) is 4.79 Å². The van der Waals surface area contributed by atoms with Gasteiger partial charge in [-0.2, -0.15) is 0 Å². The first-order chi connectivity index (χ1) is 8.39. The van der Waals surface area contributed by atoms with Gasteiger partial charge in [0.05, 0.1) is 0 Å². The molecule has 0 aromatic heterocycles. The molecular weight excluding hydrogens is 297 g/mol. The molecule has 0 radical (unpaired) electrons. The molecule has 0 aliphatic rings. The predicted molar refractivity (Wildman–Crippen MR) is 92.0 cm³/mol. The van der Waals surface area contributed by atoms with Crippen molar-refractivity contribution in [1.82, 2.24) is 10.2 Å². The Kier molecular flexibility index (Phi) is 17.4. The van der Waals surface area contributed by atoms with Gasteiger partial charge >= 0.3 is 0 Å². The van der Waals surface area contributed by atoms with Crippen molar-refractivity contribution >= 4 is 30.7 Å². The van der Waals surface area contributed by atoms with Gasteiger partial charge < -0.3 is 16.0 Å². The summed E-state index contributed by atoms with van der Waals surface area (Å²) in [6.07, 6.45) is 3.87. The van der Waals surface area contributed by atoms with E-state index >= 15 is 0 Å². The standard InChI is InChI=1S/C14H31N3O.2ClH/c1-5-9-17(10-6-2)11-7-8-13(18)16-12-14(3,4)15;;/h5-12,15H2,1-4H3,(H,16,18);2*1H. The highest BCUT2D eigenvalue weighted by Gasteiger charge is 2.12. The van der Waals surface area contributed by atoms with Crippen molar-refractivity contribution in [1.29, 1.82) is 0 Å². The van der Waals surface area contributed by atoms with Crippen LogP contribution in [0.3, 0.4) is 0 Å². The van der Waals surface area contributed by atoms with Crippen LogP contribution in [0.1, 0.15) is 53.4 Å². The van der Waals surface area contributed by atoms with Crippen molar-refractivity contribution in [2.45, 2.75) is 58.9 Å². The highest BCUT2D eigenvalue weighted by atomic mass is 35.5. The Morgan fingerprint density at radius 2 is 1.60 bits per heavy atom. The van der Waals surface area contributed by atoms with E-state index in [2.05, 4.69) is 24.1 Å². The van der Waals surface area contributed by atoms with Gasteiger partial charge in [-0.15, -0.1) is 24.8 Å². The number of carbonyl (C=O) groups excluding carboxylic acids is 1. The van der Waals surface area contributed by atoms with Crippen LogP contribution in [0.4, 0.5) is 0 Å². The largest absolute Gasteiger partial charge is 0.354 e. The molecule has 20 heavy (non-hydrogen) atoms. The second-order valence-electron chi connectivity index (χ2n) is 5.71. The van der Waals surface area contributed by atoms with E-state index in [1.807, 2.05) is 13.8 Å². The fourth-order valence-electron chi connectivity index (χ4n) is 1.85. The molecule has 0 saturated heterocycles. The molecule has 0 aliphatic carbocycles. The molecule has 0 bridgehead atoms. The maximum absolute atomic E-state index is 11.6. The Labute approximate surface area is 137 Å². The molecule has 0 atom stereocenters. The second-order valence-corrected chi connectivity index (χ2v) is 5.71. The maximum Gasteiger partial charge on any atom is 0.220 e. The zero-order valence-corrected chi connectivity index (χ0v) is 15.0. The van der Waals surface area contributed by atoms with Crippen LogP contribution in [0, 0.1) is 0 Å². The fraction of sp³-hybridized carbons (Fsp3) is 0.929. The van der Waals surface area contributed by atoms with Gasteiger partial charge in [0, 0.05) is 18.5 Å². The Hall–Kier alpha value is -0.0300. The summed E-state index contributed by atoms with van der Waals surface area (Å²) in [6.45, 7) is 12.0. The molecule has 0 unspecified atom stereocenters. The van der Waals surface area contributed by atoms with Gasteiger partial charge in [0.25, 0.3) is 0 Å². The van der Waals surface area contributed by atoms with Crippen LogP contribution in [0.2, 0.25) is 0 Å². The van der Waals surface area contributed by atoms with Gasteiger partial charge in [-0.1, -0.05) is 13.8 Å². The summed E-state index contributed by atoms with van der Waals surface area (Å²) < 4.78 is 0. The Morgan fingerprint density at radius 3 is 2.00 bits per heavy atom. The highest BCUT2D eigenvalue weighted by Crippen LogP contribution is 1.99. The Bertz CT molecular complexity index is 227. The number of amides is 1. The minimum absolute atomic E-state index is 0. The summed E-state index contributed by atoms with van der Waals surface area (Å²) >= 11 is 0. The molecule has 0 aliphatic heterocycles. The molecule has 0 aromatic rings. The van der Waals surface area contributed by atoms with Crippen molar-refractivity contribution in [3.8, 4) is 0 Å². The average molecular weight is 330 g/mol. The van der Waals surface area contributed by atoms with Crippen LogP contribution in [0.25, 0.3) is 0 Å². The molecule has 1 amide bonds. The number of nitrogens with two attached hydrogens (primary N) is 1. The third-order valence-corrected chi connectivity index (χ3v) is 2.70. The molecule has 0 fully saturated rings.